The van der Waals surface area contributed by atoms with E-state index in [4.69, 9.17) is 4.74 Å². The van der Waals surface area contributed by atoms with Gasteiger partial charge in [-0.3, -0.25) is 0 Å². The highest BCUT2D eigenvalue weighted by Gasteiger charge is 2.13. The molecule has 0 atom stereocenters. The summed E-state index contributed by atoms with van der Waals surface area (Å²) in [7, 11) is 0. The summed E-state index contributed by atoms with van der Waals surface area (Å²) in [6, 6.07) is 14.6. The minimum absolute atomic E-state index is 0.427. The van der Waals surface area contributed by atoms with Crippen molar-refractivity contribution in [3.8, 4) is 5.75 Å². The molecule has 0 spiro atoms. The lowest BCUT2D eigenvalue weighted by molar-refractivity contribution is 0.286. The van der Waals surface area contributed by atoms with Crippen LogP contribution in [0, 0.1) is 20.8 Å². The van der Waals surface area contributed by atoms with Crippen LogP contribution in [0.1, 0.15) is 35.0 Å². The molecule has 0 N–H and O–H groups in total. The summed E-state index contributed by atoms with van der Waals surface area (Å²) >= 11 is 1.72. The summed E-state index contributed by atoms with van der Waals surface area (Å²) in [6.07, 6.45) is 0. The molecular formula is C21H25N3OS. The topological polar surface area (TPSA) is 39.9 Å². The van der Waals surface area contributed by atoms with E-state index < -0.39 is 0 Å². The number of benzene rings is 2. The van der Waals surface area contributed by atoms with Crippen molar-refractivity contribution in [2.24, 2.45) is 0 Å². The van der Waals surface area contributed by atoms with E-state index in [9.17, 15) is 0 Å². The first kappa shape index (κ1) is 18.5. The highest BCUT2D eigenvalue weighted by molar-refractivity contribution is 7.98. The van der Waals surface area contributed by atoms with Crippen molar-refractivity contribution in [1.82, 2.24) is 14.8 Å². The molecule has 0 aliphatic carbocycles. The molecule has 3 rings (SSSR count). The molecule has 2 aromatic carbocycles. The fourth-order valence-corrected chi connectivity index (χ4v) is 3.88. The molecule has 0 unspecified atom stereocenters. The number of aryl methyl sites for hydroxylation is 2. The largest absolute Gasteiger partial charge is 0.485 e. The van der Waals surface area contributed by atoms with Crippen LogP contribution in [-0.2, 0) is 18.9 Å². The standard InChI is InChI=1S/C21H25N3OS/c1-5-24-20(13-25-19-12-8-10-15(2)17(19)4)22-23-21(24)26-14-18-11-7-6-9-16(18)3/h6-12H,5,13-14H2,1-4H3. The van der Waals surface area contributed by atoms with Gasteiger partial charge in [-0.05, 0) is 56.0 Å². The Labute approximate surface area is 159 Å². The average Bonchev–Trinajstić information content (AvgIpc) is 3.04. The fourth-order valence-electron chi connectivity index (χ4n) is 2.79. The SMILES string of the molecule is CCn1c(COc2cccc(C)c2C)nnc1SCc1ccccc1C. The maximum absolute atomic E-state index is 6.01. The highest BCUT2D eigenvalue weighted by Crippen LogP contribution is 2.25. The Bertz CT molecular complexity index is 889. The second-order valence-corrected chi connectivity index (χ2v) is 7.29. The lowest BCUT2D eigenvalue weighted by Crippen LogP contribution is -2.07. The Morgan fingerprint density at radius 3 is 2.50 bits per heavy atom. The fraction of sp³-hybridized carbons (Fsp3) is 0.333. The molecule has 3 aromatic rings. The third kappa shape index (κ3) is 4.10. The van der Waals surface area contributed by atoms with Gasteiger partial charge in [-0.1, -0.05) is 48.2 Å². The molecule has 0 bridgehead atoms. The van der Waals surface area contributed by atoms with Crippen LogP contribution in [0.5, 0.6) is 5.75 Å². The number of rotatable bonds is 7. The Morgan fingerprint density at radius 2 is 1.73 bits per heavy atom. The molecule has 0 fully saturated rings. The number of hydrogen-bond donors (Lipinski definition) is 0. The van der Waals surface area contributed by atoms with E-state index in [-0.39, 0.29) is 0 Å². The zero-order valence-electron chi connectivity index (χ0n) is 15.8. The van der Waals surface area contributed by atoms with Gasteiger partial charge in [-0.2, -0.15) is 0 Å². The molecule has 5 heteroatoms. The Hall–Kier alpha value is -2.27. The summed E-state index contributed by atoms with van der Waals surface area (Å²) in [5.74, 6) is 2.66. The normalized spacial score (nSPS) is 10.9. The van der Waals surface area contributed by atoms with Gasteiger partial charge < -0.3 is 9.30 Å². The molecule has 0 saturated carbocycles. The first-order chi connectivity index (χ1) is 12.6. The molecule has 0 aliphatic rings. The van der Waals surface area contributed by atoms with E-state index in [1.54, 1.807) is 11.8 Å². The summed E-state index contributed by atoms with van der Waals surface area (Å²) in [5.41, 5.74) is 5.04. The van der Waals surface area contributed by atoms with Gasteiger partial charge in [0, 0.05) is 12.3 Å². The zero-order chi connectivity index (χ0) is 18.5. The maximum Gasteiger partial charge on any atom is 0.191 e. The molecule has 0 radical (unpaired) electrons. The van der Waals surface area contributed by atoms with Crippen molar-refractivity contribution in [1.29, 1.82) is 0 Å². The summed E-state index contributed by atoms with van der Waals surface area (Å²) in [4.78, 5) is 0. The van der Waals surface area contributed by atoms with Gasteiger partial charge in [0.05, 0.1) is 0 Å². The minimum Gasteiger partial charge on any atom is -0.485 e. The van der Waals surface area contributed by atoms with Crippen molar-refractivity contribution < 1.29 is 4.74 Å². The number of aromatic nitrogens is 3. The van der Waals surface area contributed by atoms with Crippen LogP contribution in [0.3, 0.4) is 0 Å². The Balaban J connectivity index is 1.70. The molecule has 1 heterocycles. The van der Waals surface area contributed by atoms with Crippen LogP contribution < -0.4 is 4.74 Å². The van der Waals surface area contributed by atoms with Gasteiger partial charge in [0.15, 0.2) is 11.0 Å². The zero-order valence-corrected chi connectivity index (χ0v) is 16.6. The molecule has 136 valence electrons. The Morgan fingerprint density at radius 1 is 0.962 bits per heavy atom. The predicted molar refractivity (Wildman–Crippen MR) is 107 cm³/mol. The van der Waals surface area contributed by atoms with Crippen LogP contribution in [0.25, 0.3) is 0 Å². The van der Waals surface area contributed by atoms with E-state index in [2.05, 4.69) is 72.8 Å². The van der Waals surface area contributed by atoms with Gasteiger partial charge in [-0.25, -0.2) is 0 Å². The third-order valence-electron chi connectivity index (χ3n) is 4.64. The smallest absolute Gasteiger partial charge is 0.191 e. The van der Waals surface area contributed by atoms with Gasteiger partial charge >= 0.3 is 0 Å². The first-order valence-electron chi connectivity index (χ1n) is 8.88. The average molecular weight is 368 g/mol. The van der Waals surface area contributed by atoms with Gasteiger partial charge in [0.2, 0.25) is 0 Å². The van der Waals surface area contributed by atoms with Gasteiger partial charge in [0.25, 0.3) is 0 Å². The lowest BCUT2D eigenvalue weighted by Gasteiger charge is -2.12. The predicted octanol–water partition coefficient (Wildman–Crippen LogP) is 5.09. The van der Waals surface area contributed by atoms with Crippen LogP contribution in [0.2, 0.25) is 0 Å². The van der Waals surface area contributed by atoms with Crippen LogP contribution in [0.15, 0.2) is 47.6 Å². The van der Waals surface area contributed by atoms with E-state index in [1.165, 1.54) is 22.3 Å². The second-order valence-electron chi connectivity index (χ2n) is 6.34. The van der Waals surface area contributed by atoms with E-state index in [1.807, 2.05) is 12.1 Å². The Kier molecular flexibility index (Phi) is 5.99. The van der Waals surface area contributed by atoms with E-state index >= 15 is 0 Å². The molecule has 0 amide bonds. The number of thioether (sulfide) groups is 1. The van der Waals surface area contributed by atoms with Crippen molar-refractivity contribution in [2.75, 3.05) is 0 Å². The van der Waals surface area contributed by atoms with Gasteiger partial charge in [-0.15, -0.1) is 10.2 Å². The maximum atomic E-state index is 6.01. The van der Waals surface area contributed by atoms with E-state index in [0.29, 0.717) is 6.61 Å². The van der Waals surface area contributed by atoms with Crippen molar-refractivity contribution >= 4 is 11.8 Å². The number of ether oxygens (including phenoxy) is 1. The van der Waals surface area contributed by atoms with E-state index in [0.717, 1.165) is 29.0 Å². The molecular weight excluding hydrogens is 342 g/mol. The van der Waals surface area contributed by atoms with Gasteiger partial charge in [0.1, 0.15) is 12.4 Å². The molecule has 26 heavy (non-hydrogen) atoms. The molecule has 4 nitrogen and oxygen atoms in total. The van der Waals surface area contributed by atoms with Crippen molar-refractivity contribution in [3.63, 3.8) is 0 Å². The summed E-state index contributed by atoms with van der Waals surface area (Å²) in [5, 5.41) is 9.68. The van der Waals surface area contributed by atoms with Crippen molar-refractivity contribution in [3.05, 3.63) is 70.5 Å². The molecule has 0 aliphatic heterocycles. The second kappa shape index (κ2) is 8.41. The van der Waals surface area contributed by atoms with Crippen LogP contribution >= 0.6 is 11.8 Å². The minimum atomic E-state index is 0.427. The molecule has 1 aromatic heterocycles. The van der Waals surface area contributed by atoms with Crippen LogP contribution in [0.4, 0.5) is 0 Å². The summed E-state index contributed by atoms with van der Waals surface area (Å²) < 4.78 is 8.14. The van der Waals surface area contributed by atoms with Crippen molar-refractivity contribution in [2.45, 2.75) is 51.8 Å². The number of hydrogen-bond acceptors (Lipinski definition) is 4. The summed E-state index contributed by atoms with van der Waals surface area (Å²) in [6.45, 7) is 9.69. The third-order valence-corrected chi connectivity index (χ3v) is 5.65. The first-order valence-corrected chi connectivity index (χ1v) is 9.87. The lowest BCUT2D eigenvalue weighted by atomic mass is 10.1. The quantitative estimate of drug-likeness (QED) is 0.545. The van der Waals surface area contributed by atoms with Crippen LogP contribution in [-0.4, -0.2) is 14.8 Å². The number of nitrogens with zero attached hydrogens (tertiary/aromatic N) is 3. The molecule has 0 saturated heterocycles. The highest BCUT2D eigenvalue weighted by atomic mass is 32.2. The monoisotopic (exact) mass is 367 g/mol.